The first-order chi connectivity index (χ1) is 6.24. The molecule has 0 fully saturated rings. The van der Waals surface area contributed by atoms with Crippen molar-refractivity contribution in [3.05, 3.63) is 29.6 Å². The van der Waals surface area contributed by atoms with E-state index in [-0.39, 0.29) is 5.82 Å². The second-order valence-corrected chi connectivity index (χ2v) is 3.87. The van der Waals surface area contributed by atoms with Gasteiger partial charge in [-0.1, -0.05) is 23.5 Å². The topological polar surface area (TPSA) is 9.23 Å². The molecule has 0 aliphatic carbocycles. The largest absolute Gasteiger partial charge is 0.485 e. The van der Waals surface area contributed by atoms with E-state index >= 15 is 0 Å². The molecule has 0 N–H and O–H groups in total. The first-order valence-electron chi connectivity index (χ1n) is 3.95. The van der Waals surface area contributed by atoms with Gasteiger partial charge in [-0.25, -0.2) is 4.39 Å². The van der Waals surface area contributed by atoms with Gasteiger partial charge in [0, 0.05) is 10.1 Å². The fraction of sp³-hybridized carbons (Fsp3) is 0.200. The number of aryl methyl sites for hydroxylation is 1. The zero-order chi connectivity index (χ0) is 9.42. The molecule has 3 heteroatoms. The molecule has 0 aliphatic heterocycles. The summed E-state index contributed by atoms with van der Waals surface area (Å²) in [5.74, 6) is -0.236. The Hall–Kier alpha value is -1.09. The van der Waals surface area contributed by atoms with E-state index in [9.17, 15) is 4.39 Å². The van der Waals surface area contributed by atoms with Crippen molar-refractivity contribution in [3.8, 4) is 5.06 Å². The Morgan fingerprint density at radius 3 is 2.77 bits per heavy atom. The number of ether oxygens (including phenoxy) is 1. The Bertz CT molecular complexity index is 447. The van der Waals surface area contributed by atoms with Crippen LogP contribution in [-0.2, 0) is 0 Å². The maximum absolute atomic E-state index is 13.6. The minimum absolute atomic E-state index is 0.236. The Kier molecular flexibility index (Phi) is 1.96. The number of thiophene rings is 1. The number of fused-ring (bicyclic) bond motifs is 1. The molecular weight excluding hydrogens is 187 g/mol. The van der Waals surface area contributed by atoms with Crippen molar-refractivity contribution >= 4 is 21.4 Å². The quantitative estimate of drug-likeness (QED) is 0.679. The van der Waals surface area contributed by atoms with Crippen LogP contribution in [0.15, 0.2) is 18.2 Å². The van der Waals surface area contributed by atoms with Crippen LogP contribution in [0.1, 0.15) is 5.56 Å². The van der Waals surface area contributed by atoms with Gasteiger partial charge in [0.05, 0.1) is 7.11 Å². The highest BCUT2D eigenvalue weighted by Gasteiger charge is 2.13. The molecule has 0 unspecified atom stereocenters. The summed E-state index contributed by atoms with van der Waals surface area (Å²) in [7, 11) is 1.49. The van der Waals surface area contributed by atoms with Crippen LogP contribution in [0, 0.1) is 12.7 Å². The van der Waals surface area contributed by atoms with Crippen LogP contribution in [0.2, 0.25) is 0 Å². The van der Waals surface area contributed by atoms with E-state index in [0.29, 0.717) is 10.4 Å². The van der Waals surface area contributed by atoms with Crippen LogP contribution in [-0.4, -0.2) is 7.11 Å². The van der Waals surface area contributed by atoms with E-state index in [0.717, 1.165) is 10.3 Å². The average Bonchev–Trinajstić information content (AvgIpc) is 2.44. The molecule has 0 radical (unpaired) electrons. The maximum atomic E-state index is 13.6. The van der Waals surface area contributed by atoms with Gasteiger partial charge in [0.2, 0.25) is 5.06 Å². The molecule has 0 spiro atoms. The number of hydrogen-bond acceptors (Lipinski definition) is 2. The van der Waals surface area contributed by atoms with E-state index in [1.807, 2.05) is 25.1 Å². The molecule has 1 heterocycles. The fourth-order valence-corrected chi connectivity index (χ4v) is 2.36. The van der Waals surface area contributed by atoms with Gasteiger partial charge in [0.25, 0.3) is 0 Å². The molecule has 0 atom stereocenters. The summed E-state index contributed by atoms with van der Waals surface area (Å²) in [4.78, 5) is 0. The van der Waals surface area contributed by atoms with Crippen molar-refractivity contribution in [3.63, 3.8) is 0 Å². The van der Waals surface area contributed by atoms with Crippen molar-refractivity contribution in [2.45, 2.75) is 6.92 Å². The van der Waals surface area contributed by atoms with Gasteiger partial charge in [-0.15, -0.1) is 0 Å². The number of methoxy groups -OCH3 is 1. The molecule has 1 aromatic heterocycles. The van der Waals surface area contributed by atoms with Gasteiger partial charge < -0.3 is 4.74 Å². The predicted octanol–water partition coefficient (Wildman–Crippen LogP) is 3.36. The van der Waals surface area contributed by atoms with Crippen molar-refractivity contribution in [2.75, 3.05) is 7.11 Å². The lowest BCUT2D eigenvalue weighted by Gasteiger charge is -1.94. The molecule has 0 saturated carbocycles. The normalized spacial score (nSPS) is 10.7. The summed E-state index contributed by atoms with van der Waals surface area (Å²) in [6, 6.07) is 5.73. The highest BCUT2D eigenvalue weighted by atomic mass is 32.1. The van der Waals surface area contributed by atoms with Crippen LogP contribution in [0.25, 0.3) is 10.1 Å². The molecule has 0 bridgehead atoms. The van der Waals surface area contributed by atoms with E-state index < -0.39 is 0 Å². The van der Waals surface area contributed by atoms with E-state index in [1.165, 1.54) is 18.4 Å². The average molecular weight is 196 g/mol. The third-order valence-electron chi connectivity index (χ3n) is 2.02. The number of hydrogen-bond donors (Lipinski definition) is 0. The predicted molar refractivity (Wildman–Crippen MR) is 53.1 cm³/mol. The van der Waals surface area contributed by atoms with Gasteiger partial charge in [-0.3, -0.25) is 0 Å². The molecule has 68 valence electrons. The standard InChI is InChI=1S/C10H9FOS/c1-6-4-3-5-7-8(6)9(11)10(12-2)13-7/h3-5H,1-2H3. The van der Waals surface area contributed by atoms with Gasteiger partial charge in [-0.2, -0.15) is 0 Å². The molecule has 2 aromatic rings. The highest BCUT2D eigenvalue weighted by molar-refractivity contribution is 7.20. The fourth-order valence-electron chi connectivity index (χ4n) is 1.39. The summed E-state index contributed by atoms with van der Waals surface area (Å²) in [5, 5.41) is 1.05. The molecule has 1 nitrogen and oxygen atoms in total. The van der Waals surface area contributed by atoms with Crippen molar-refractivity contribution in [2.24, 2.45) is 0 Å². The molecule has 0 aliphatic rings. The molecule has 0 saturated heterocycles. The summed E-state index contributed by atoms with van der Waals surface area (Å²) >= 11 is 1.34. The number of halogens is 1. The van der Waals surface area contributed by atoms with E-state index in [4.69, 9.17) is 4.74 Å². The summed E-state index contributed by atoms with van der Waals surface area (Å²) < 4.78 is 19.4. The van der Waals surface area contributed by atoms with Gasteiger partial charge in [-0.05, 0) is 18.6 Å². The van der Waals surface area contributed by atoms with Crippen molar-refractivity contribution in [1.82, 2.24) is 0 Å². The summed E-state index contributed by atoms with van der Waals surface area (Å²) in [6.07, 6.45) is 0. The van der Waals surface area contributed by atoms with E-state index in [1.54, 1.807) is 0 Å². The molecule has 2 rings (SSSR count). The van der Waals surface area contributed by atoms with Crippen LogP contribution in [0.5, 0.6) is 5.06 Å². The molecular formula is C10H9FOS. The summed E-state index contributed by atoms with van der Waals surface area (Å²) in [5.41, 5.74) is 0.953. The zero-order valence-electron chi connectivity index (χ0n) is 7.43. The second kappa shape index (κ2) is 3.00. The van der Waals surface area contributed by atoms with Gasteiger partial charge in [0.15, 0.2) is 5.82 Å². The lowest BCUT2D eigenvalue weighted by molar-refractivity contribution is 0.402. The monoisotopic (exact) mass is 196 g/mol. The van der Waals surface area contributed by atoms with Crippen molar-refractivity contribution < 1.29 is 9.13 Å². The Morgan fingerprint density at radius 1 is 1.38 bits per heavy atom. The van der Waals surface area contributed by atoms with Crippen molar-refractivity contribution in [1.29, 1.82) is 0 Å². The Balaban J connectivity index is 2.85. The first kappa shape index (κ1) is 8.51. The summed E-state index contributed by atoms with van der Waals surface area (Å²) in [6.45, 7) is 1.90. The van der Waals surface area contributed by atoms with Crippen LogP contribution >= 0.6 is 11.3 Å². The first-order valence-corrected chi connectivity index (χ1v) is 4.77. The number of benzene rings is 1. The lowest BCUT2D eigenvalue weighted by Crippen LogP contribution is -1.81. The molecule has 1 aromatic carbocycles. The third-order valence-corrected chi connectivity index (χ3v) is 3.11. The van der Waals surface area contributed by atoms with Crippen LogP contribution in [0.3, 0.4) is 0 Å². The lowest BCUT2D eigenvalue weighted by atomic mass is 10.1. The minimum Gasteiger partial charge on any atom is -0.485 e. The van der Waals surface area contributed by atoms with Crippen LogP contribution in [0.4, 0.5) is 4.39 Å². The third kappa shape index (κ3) is 1.20. The van der Waals surface area contributed by atoms with Crippen LogP contribution < -0.4 is 4.74 Å². The minimum atomic E-state index is -0.236. The maximum Gasteiger partial charge on any atom is 0.211 e. The zero-order valence-corrected chi connectivity index (χ0v) is 8.24. The number of rotatable bonds is 1. The van der Waals surface area contributed by atoms with Gasteiger partial charge in [0.1, 0.15) is 0 Å². The smallest absolute Gasteiger partial charge is 0.211 e. The SMILES string of the molecule is COc1sc2cccc(C)c2c1F. The molecule has 13 heavy (non-hydrogen) atoms. The highest BCUT2D eigenvalue weighted by Crippen LogP contribution is 2.37. The van der Waals surface area contributed by atoms with Gasteiger partial charge >= 0.3 is 0 Å². The Morgan fingerprint density at radius 2 is 2.15 bits per heavy atom. The van der Waals surface area contributed by atoms with E-state index in [2.05, 4.69) is 0 Å². The second-order valence-electron chi connectivity index (χ2n) is 2.86. The Labute approximate surface area is 79.8 Å². The molecule has 0 amide bonds.